The second-order valence-electron chi connectivity index (χ2n) is 12.9. The van der Waals surface area contributed by atoms with E-state index in [1.165, 1.54) is 4.31 Å². The van der Waals surface area contributed by atoms with Crippen LogP contribution < -0.4 is 4.74 Å². The van der Waals surface area contributed by atoms with Crippen LogP contribution in [0.2, 0.25) is 0 Å². The number of benzene rings is 3. The molecule has 9 nitrogen and oxygen atoms in total. The van der Waals surface area contributed by atoms with Crippen LogP contribution in [0.3, 0.4) is 0 Å². The van der Waals surface area contributed by atoms with Gasteiger partial charge < -0.3 is 9.47 Å². The van der Waals surface area contributed by atoms with Crippen LogP contribution in [-0.2, 0) is 39.3 Å². The van der Waals surface area contributed by atoms with E-state index in [2.05, 4.69) is 22.4 Å². The number of rotatable bonds is 10. The van der Waals surface area contributed by atoms with Crippen molar-refractivity contribution in [2.24, 2.45) is 5.41 Å². The number of fused-ring (bicyclic) bond motifs is 2. The van der Waals surface area contributed by atoms with E-state index >= 15 is 0 Å². The number of sulfonamides is 1. The predicted molar refractivity (Wildman–Crippen MR) is 188 cm³/mol. The Morgan fingerprint density at radius 3 is 2.52 bits per heavy atom. The molecular weight excluding hydrogens is 645 g/mol. The van der Waals surface area contributed by atoms with Crippen LogP contribution in [-0.4, -0.2) is 46.3 Å². The summed E-state index contributed by atoms with van der Waals surface area (Å²) in [5.74, 6) is -0.339. The zero-order valence-corrected chi connectivity index (χ0v) is 29.9. The molecule has 0 bridgehead atoms. The average Bonchev–Trinajstić information content (AvgIpc) is 3.64. The molecule has 1 aliphatic rings. The molecule has 6 rings (SSSR count). The minimum Gasteiger partial charge on any atom is -0.488 e. The number of nitrogens with zero attached hydrogens (tertiary/aromatic N) is 4. The molecule has 0 radical (unpaired) electrons. The maximum Gasteiger partial charge on any atom is 0.312 e. The molecule has 0 aliphatic carbocycles. The second-order valence-corrected chi connectivity index (χ2v) is 16.1. The highest BCUT2D eigenvalue weighted by Gasteiger charge is 2.43. The van der Waals surface area contributed by atoms with Gasteiger partial charge in [-0.3, -0.25) is 4.79 Å². The van der Waals surface area contributed by atoms with Gasteiger partial charge in [0.25, 0.3) is 0 Å². The Morgan fingerprint density at radius 2 is 1.79 bits per heavy atom. The number of carbonyl (C=O) groups is 1. The molecule has 0 saturated carbocycles. The minimum atomic E-state index is -3.83. The maximum absolute atomic E-state index is 14.0. The van der Waals surface area contributed by atoms with Gasteiger partial charge in [0.15, 0.2) is 0 Å². The summed E-state index contributed by atoms with van der Waals surface area (Å²) in [6.45, 7) is 13.2. The zero-order chi connectivity index (χ0) is 34.2. The summed E-state index contributed by atoms with van der Waals surface area (Å²) in [7, 11) is -3.83. The lowest BCUT2D eigenvalue weighted by Crippen LogP contribution is -2.36. The van der Waals surface area contributed by atoms with Gasteiger partial charge in [-0.15, -0.1) is 16.4 Å². The third kappa shape index (κ3) is 6.26. The van der Waals surface area contributed by atoms with Gasteiger partial charge in [0, 0.05) is 28.8 Å². The fourth-order valence-electron chi connectivity index (χ4n) is 6.49. The number of ether oxygens (including phenoxy) is 2. The first-order chi connectivity index (χ1) is 22.9. The fourth-order valence-corrected chi connectivity index (χ4v) is 9.41. The molecule has 48 heavy (non-hydrogen) atoms. The molecule has 0 spiro atoms. The van der Waals surface area contributed by atoms with Gasteiger partial charge in [-0.2, -0.15) is 4.31 Å². The molecule has 0 amide bonds. The Bertz CT molecular complexity index is 2050. The van der Waals surface area contributed by atoms with Crippen molar-refractivity contribution in [3.63, 3.8) is 0 Å². The van der Waals surface area contributed by atoms with Gasteiger partial charge in [0.05, 0.1) is 17.5 Å². The van der Waals surface area contributed by atoms with E-state index in [1.807, 2.05) is 82.6 Å². The summed E-state index contributed by atoms with van der Waals surface area (Å²) < 4.78 is 43.4. The van der Waals surface area contributed by atoms with E-state index in [0.29, 0.717) is 18.7 Å². The van der Waals surface area contributed by atoms with Crippen molar-refractivity contribution in [3.05, 3.63) is 105 Å². The highest BCUT2D eigenvalue weighted by Crippen LogP contribution is 2.47. The lowest BCUT2D eigenvalue weighted by atomic mass is 9.72. The lowest BCUT2D eigenvalue weighted by molar-refractivity contribution is -0.156. The Labute approximate surface area is 286 Å². The molecule has 0 fully saturated rings. The SMILES string of the molecule is CC[C@@H]1CN(Cc2cc([C@@H](c3ccc4c(nnn4CC)c3C)C(C)(C)C(=O)OCc3ccccc3)sc2C)S(=O)(=O)c2ccccc2O1. The van der Waals surface area contributed by atoms with Crippen LogP contribution >= 0.6 is 11.3 Å². The molecule has 3 heterocycles. The van der Waals surface area contributed by atoms with E-state index in [9.17, 15) is 13.2 Å². The first-order valence-corrected chi connectivity index (χ1v) is 18.6. The topological polar surface area (TPSA) is 104 Å². The van der Waals surface area contributed by atoms with Gasteiger partial charge in [-0.1, -0.05) is 60.7 Å². The zero-order valence-electron chi connectivity index (χ0n) is 28.3. The van der Waals surface area contributed by atoms with Gasteiger partial charge >= 0.3 is 5.97 Å². The number of aryl methyl sites for hydroxylation is 3. The van der Waals surface area contributed by atoms with E-state index in [0.717, 1.165) is 43.0 Å². The highest BCUT2D eigenvalue weighted by atomic mass is 32.2. The van der Waals surface area contributed by atoms with Crippen LogP contribution in [0.1, 0.15) is 72.0 Å². The molecule has 0 saturated heterocycles. The first-order valence-electron chi connectivity index (χ1n) is 16.3. The summed E-state index contributed by atoms with van der Waals surface area (Å²) >= 11 is 1.58. The van der Waals surface area contributed by atoms with E-state index in [-0.39, 0.29) is 36.7 Å². The van der Waals surface area contributed by atoms with Crippen molar-refractivity contribution in [1.82, 2.24) is 19.3 Å². The molecule has 5 aromatic rings. The number of thiophene rings is 1. The quantitative estimate of drug-likeness (QED) is 0.141. The fraction of sp³-hybridized carbons (Fsp3) is 0.378. The van der Waals surface area contributed by atoms with Gasteiger partial charge in [-0.05, 0) is 87.6 Å². The second kappa shape index (κ2) is 13.4. The van der Waals surface area contributed by atoms with Crippen LogP contribution in [0.15, 0.2) is 77.7 Å². The monoisotopic (exact) mass is 686 g/mol. The largest absolute Gasteiger partial charge is 0.488 e. The van der Waals surface area contributed by atoms with Crippen molar-refractivity contribution < 1.29 is 22.7 Å². The Kier molecular flexibility index (Phi) is 9.48. The normalized spacial score (nSPS) is 17.0. The number of para-hydroxylation sites is 1. The Balaban J connectivity index is 1.41. The first kappa shape index (κ1) is 33.8. The van der Waals surface area contributed by atoms with Crippen LogP contribution in [0.4, 0.5) is 0 Å². The molecule has 2 atom stereocenters. The lowest BCUT2D eigenvalue weighted by Gasteiger charge is -2.33. The van der Waals surface area contributed by atoms with E-state index in [4.69, 9.17) is 9.47 Å². The molecular formula is C37H42N4O5S2. The Morgan fingerprint density at radius 1 is 1.06 bits per heavy atom. The van der Waals surface area contributed by atoms with Crippen molar-refractivity contribution in [2.75, 3.05) is 6.54 Å². The third-order valence-electron chi connectivity index (χ3n) is 9.35. The minimum absolute atomic E-state index is 0.169. The van der Waals surface area contributed by atoms with Crippen molar-refractivity contribution >= 4 is 38.4 Å². The van der Waals surface area contributed by atoms with Gasteiger partial charge in [-0.25, -0.2) is 13.1 Å². The average molecular weight is 687 g/mol. The summed E-state index contributed by atoms with van der Waals surface area (Å²) in [4.78, 5) is 16.1. The Hall–Kier alpha value is -4.06. The van der Waals surface area contributed by atoms with E-state index in [1.54, 1.807) is 35.6 Å². The number of esters is 1. The predicted octanol–water partition coefficient (Wildman–Crippen LogP) is 7.39. The van der Waals surface area contributed by atoms with E-state index < -0.39 is 21.4 Å². The number of hydrogen-bond donors (Lipinski definition) is 0. The standard InChI is InChI=1S/C37H42N4O5S2/c1-7-28-22-40(48(43,44)33-17-13-12-16-31(33)46-28)21-27-20-32(47-25(27)4)34(29-18-19-30-35(24(29)3)38-39-41(30)8-2)37(5,6)36(42)45-23-26-14-10-9-11-15-26/h9-20,28,34H,7-8,21-23H2,1-6H3/t28-,34-/m1/s1. The molecule has 0 unspecified atom stereocenters. The molecule has 1 aliphatic heterocycles. The molecule has 11 heteroatoms. The summed E-state index contributed by atoms with van der Waals surface area (Å²) in [5, 5.41) is 8.85. The number of aromatic nitrogens is 3. The molecule has 0 N–H and O–H groups in total. The van der Waals surface area contributed by atoms with Crippen LogP contribution in [0.5, 0.6) is 5.75 Å². The van der Waals surface area contributed by atoms with Crippen molar-refractivity contribution in [1.29, 1.82) is 0 Å². The van der Waals surface area contributed by atoms with Crippen LogP contribution in [0, 0.1) is 19.3 Å². The number of carbonyl (C=O) groups excluding carboxylic acids is 1. The van der Waals surface area contributed by atoms with Gasteiger partial charge in [0.1, 0.15) is 28.9 Å². The number of hydrogen-bond acceptors (Lipinski definition) is 8. The summed E-state index contributed by atoms with van der Waals surface area (Å²) in [5.41, 5.74) is 4.44. The van der Waals surface area contributed by atoms with Gasteiger partial charge in [0.2, 0.25) is 10.0 Å². The summed E-state index contributed by atoms with van der Waals surface area (Å²) in [6.07, 6.45) is 0.388. The molecule has 252 valence electrons. The van der Waals surface area contributed by atoms with Crippen molar-refractivity contribution in [3.8, 4) is 5.75 Å². The summed E-state index contributed by atoms with van der Waals surface area (Å²) in [6, 6.07) is 22.6. The molecule has 2 aromatic heterocycles. The smallest absolute Gasteiger partial charge is 0.312 e. The van der Waals surface area contributed by atoms with Crippen molar-refractivity contribution in [2.45, 2.75) is 84.6 Å². The van der Waals surface area contributed by atoms with Crippen LogP contribution in [0.25, 0.3) is 11.0 Å². The maximum atomic E-state index is 14.0. The third-order valence-corrected chi connectivity index (χ3v) is 12.4. The highest BCUT2D eigenvalue weighted by molar-refractivity contribution is 7.89. The molecule has 3 aromatic carbocycles.